The highest BCUT2D eigenvalue weighted by Crippen LogP contribution is 2.25. The maximum atomic E-state index is 13.7. The van der Waals surface area contributed by atoms with E-state index < -0.39 is 21.6 Å². The van der Waals surface area contributed by atoms with E-state index in [-0.39, 0.29) is 16.0 Å². The number of carboxylic acids is 1. The molecule has 1 N–H and O–H groups in total. The zero-order valence-corrected chi connectivity index (χ0v) is 11.3. The van der Waals surface area contributed by atoms with Crippen LogP contribution in [0, 0.1) is 5.82 Å². The zero-order chi connectivity index (χ0) is 14.9. The number of halogens is 1. The Morgan fingerprint density at radius 2 is 1.70 bits per heavy atom. The predicted octanol–water partition coefficient (Wildman–Crippen LogP) is 2.59. The summed E-state index contributed by atoms with van der Waals surface area (Å²) >= 11 is 0. The first-order chi connectivity index (χ1) is 9.29. The number of rotatable bonds is 3. The summed E-state index contributed by atoms with van der Waals surface area (Å²) in [6.07, 6.45) is 1.08. The fourth-order valence-electron chi connectivity index (χ4n) is 1.76. The van der Waals surface area contributed by atoms with E-state index in [1.54, 1.807) is 0 Å². The van der Waals surface area contributed by atoms with E-state index in [1.807, 2.05) is 0 Å². The Labute approximate surface area is 115 Å². The van der Waals surface area contributed by atoms with Gasteiger partial charge in [0.25, 0.3) is 0 Å². The number of sulfone groups is 1. The van der Waals surface area contributed by atoms with Gasteiger partial charge >= 0.3 is 5.97 Å². The highest BCUT2D eigenvalue weighted by Gasteiger charge is 2.12. The molecule has 0 atom stereocenters. The minimum atomic E-state index is -3.32. The van der Waals surface area contributed by atoms with Crippen LogP contribution in [-0.2, 0) is 9.84 Å². The van der Waals surface area contributed by atoms with Crippen molar-refractivity contribution in [3.8, 4) is 11.1 Å². The Bertz CT molecular complexity index is 764. The Morgan fingerprint density at radius 3 is 2.20 bits per heavy atom. The maximum Gasteiger partial charge on any atom is 0.335 e. The van der Waals surface area contributed by atoms with Gasteiger partial charge in [-0.25, -0.2) is 17.6 Å². The van der Waals surface area contributed by atoms with Gasteiger partial charge in [-0.3, -0.25) is 0 Å². The molecule has 104 valence electrons. The van der Waals surface area contributed by atoms with Crippen LogP contribution >= 0.6 is 0 Å². The van der Waals surface area contributed by atoms with Crippen molar-refractivity contribution in [2.45, 2.75) is 4.90 Å². The number of hydrogen-bond acceptors (Lipinski definition) is 3. The molecule has 0 bridgehead atoms. The van der Waals surface area contributed by atoms with Crippen LogP contribution in [0.1, 0.15) is 10.4 Å². The van der Waals surface area contributed by atoms with E-state index in [1.165, 1.54) is 36.4 Å². The summed E-state index contributed by atoms with van der Waals surface area (Å²) in [4.78, 5) is 11.0. The van der Waals surface area contributed by atoms with Gasteiger partial charge in [0.15, 0.2) is 9.84 Å². The van der Waals surface area contributed by atoms with Gasteiger partial charge in [0.05, 0.1) is 10.5 Å². The largest absolute Gasteiger partial charge is 0.478 e. The number of aromatic carboxylic acids is 1. The van der Waals surface area contributed by atoms with Crippen molar-refractivity contribution in [2.75, 3.05) is 6.26 Å². The molecule has 0 heterocycles. The van der Waals surface area contributed by atoms with Crippen molar-refractivity contribution in [3.05, 3.63) is 53.8 Å². The molecule has 0 radical (unpaired) electrons. The van der Waals surface area contributed by atoms with Crippen LogP contribution in [0.25, 0.3) is 11.1 Å². The third kappa shape index (κ3) is 2.85. The number of hydrogen-bond donors (Lipinski definition) is 1. The van der Waals surface area contributed by atoms with Crippen molar-refractivity contribution < 1.29 is 22.7 Å². The highest BCUT2D eigenvalue weighted by molar-refractivity contribution is 7.90. The minimum Gasteiger partial charge on any atom is -0.478 e. The van der Waals surface area contributed by atoms with Gasteiger partial charge in [-0.1, -0.05) is 12.1 Å². The molecule has 0 saturated carbocycles. The van der Waals surface area contributed by atoms with Crippen molar-refractivity contribution in [2.24, 2.45) is 0 Å². The second kappa shape index (κ2) is 5.05. The SMILES string of the molecule is CS(=O)(=O)c1ccc(-c2cc(C(=O)O)ccc2F)cc1. The second-order valence-electron chi connectivity index (χ2n) is 4.30. The summed E-state index contributed by atoms with van der Waals surface area (Å²) in [5.41, 5.74) is 0.497. The van der Waals surface area contributed by atoms with Crippen molar-refractivity contribution in [1.29, 1.82) is 0 Å². The van der Waals surface area contributed by atoms with Crippen LogP contribution < -0.4 is 0 Å². The van der Waals surface area contributed by atoms with E-state index in [0.717, 1.165) is 12.3 Å². The van der Waals surface area contributed by atoms with Gasteiger partial charge in [0, 0.05) is 11.8 Å². The zero-order valence-electron chi connectivity index (χ0n) is 10.5. The lowest BCUT2D eigenvalue weighted by Gasteiger charge is -2.06. The first-order valence-electron chi connectivity index (χ1n) is 5.62. The van der Waals surface area contributed by atoms with Gasteiger partial charge in [-0.05, 0) is 35.9 Å². The summed E-state index contributed by atoms with van der Waals surface area (Å²) in [6, 6.07) is 9.07. The van der Waals surface area contributed by atoms with E-state index >= 15 is 0 Å². The predicted molar refractivity (Wildman–Crippen MR) is 71.9 cm³/mol. The van der Waals surface area contributed by atoms with Crippen LogP contribution in [0.4, 0.5) is 4.39 Å². The van der Waals surface area contributed by atoms with Gasteiger partial charge in [0.1, 0.15) is 5.82 Å². The fourth-order valence-corrected chi connectivity index (χ4v) is 2.39. The topological polar surface area (TPSA) is 71.4 Å². The molecular formula is C14H11FO4S. The average molecular weight is 294 g/mol. The van der Waals surface area contributed by atoms with Crippen molar-refractivity contribution in [1.82, 2.24) is 0 Å². The fraction of sp³-hybridized carbons (Fsp3) is 0.0714. The van der Waals surface area contributed by atoms with Gasteiger partial charge in [-0.15, -0.1) is 0 Å². The molecule has 20 heavy (non-hydrogen) atoms. The summed E-state index contributed by atoms with van der Waals surface area (Å²) in [5.74, 6) is -1.72. The maximum absolute atomic E-state index is 13.7. The van der Waals surface area contributed by atoms with Crippen molar-refractivity contribution in [3.63, 3.8) is 0 Å². The molecule has 0 amide bonds. The van der Waals surface area contributed by atoms with Crippen LogP contribution in [0.15, 0.2) is 47.4 Å². The van der Waals surface area contributed by atoms with Gasteiger partial charge in [-0.2, -0.15) is 0 Å². The van der Waals surface area contributed by atoms with Gasteiger partial charge in [0.2, 0.25) is 0 Å². The molecule has 0 aliphatic rings. The quantitative estimate of drug-likeness (QED) is 0.944. The highest BCUT2D eigenvalue weighted by atomic mass is 32.2. The molecule has 0 aliphatic carbocycles. The summed E-state index contributed by atoms with van der Waals surface area (Å²) < 4.78 is 36.4. The third-order valence-electron chi connectivity index (χ3n) is 2.81. The molecule has 0 unspecified atom stereocenters. The molecule has 2 aromatic rings. The van der Waals surface area contributed by atoms with Crippen LogP contribution in [-0.4, -0.2) is 25.7 Å². The monoisotopic (exact) mass is 294 g/mol. The second-order valence-corrected chi connectivity index (χ2v) is 6.31. The molecule has 0 saturated heterocycles. The Kier molecular flexibility index (Phi) is 3.59. The lowest BCUT2D eigenvalue weighted by molar-refractivity contribution is 0.0697. The first kappa shape index (κ1) is 14.2. The van der Waals surface area contributed by atoms with E-state index in [2.05, 4.69) is 0 Å². The normalized spacial score (nSPS) is 11.3. The molecule has 6 heteroatoms. The smallest absolute Gasteiger partial charge is 0.335 e. The number of carboxylic acid groups (broad SMARTS) is 1. The Hall–Kier alpha value is -2.21. The molecule has 0 fully saturated rings. The molecular weight excluding hydrogens is 283 g/mol. The first-order valence-corrected chi connectivity index (χ1v) is 7.51. The van der Waals surface area contributed by atoms with Crippen LogP contribution in [0.2, 0.25) is 0 Å². The number of carbonyl (C=O) groups is 1. The van der Waals surface area contributed by atoms with Crippen LogP contribution in [0.5, 0.6) is 0 Å². The molecule has 0 aliphatic heterocycles. The van der Waals surface area contributed by atoms with Gasteiger partial charge < -0.3 is 5.11 Å². The standard InChI is InChI=1S/C14H11FO4S/c1-20(18,19)11-5-2-9(3-6-11)12-8-10(14(16)17)4-7-13(12)15/h2-8H,1H3,(H,16,17). The summed E-state index contributed by atoms with van der Waals surface area (Å²) in [5, 5.41) is 8.90. The van der Waals surface area contributed by atoms with Crippen molar-refractivity contribution >= 4 is 15.8 Å². The molecule has 0 spiro atoms. The average Bonchev–Trinajstić information content (AvgIpc) is 2.38. The van der Waals surface area contributed by atoms with E-state index in [4.69, 9.17) is 5.11 Å². The molecule has 0 aromatic heterocycles. The molecule has 2 aromatic carbocycles. The lowest BCUT2D eigenvalue weighted by atomic mass is 10.0. The lowest BCUT2D eigenvalue weighted by Crippen LogP contribution is -1.98. The summed E-state index contributed by atoms with van der Waals surface area (Å²) in [7, 11) is -3.32. The molecule has 4 nitrogen and oxygen atoms in total. The Balaban J connectivity index is 2.51. The number of benzene rings is 2. The minimum absolute atomic E-state index is 0.0337. The Morgan fingerprint density at radius 1 is 1.10 bits per heavy atom. The van der Waals surface area contributed by atoms with E-state index in [0.29, 0.717) is 5.56 Å². The van der Waals surface area contributed by atoms with E-state index in [9.17, 15) is 17.6 Å². The van der Waals surface area contributed by atoms with Crippen LogP contribution in [0.3, 0.4) is 0 Å². The third-order valence-corrected chi connectivity index (χ3v) is 3.94. The summed E-state index contributed by atoms with van der Waals surface area (Å²) in [6.45, 7) is 0. The molecule has 2 rings (SSSR count).